The number of aromatic nitrogens is 2. The standard InChI is InChI=1S/C28H28N4O6S/c1-2-24(26(34)30-18-11-12-22-23(15-18)38-17-37-22)39-28-31-21-9-4-3-8-20(21)27(35)32(28)13-5-10-25(33)29-16-19-7-6-14-36-19/h3-4,6-9,11-12,14-15,24H,2,5,10,13,16-17H2,1H3,(H,29,33)(H,30,34)/t24-/m1/s1. The van der Waals surface area contributed by atoms with E-state index in [2.05, 4.69) is 10.6 Å². The van der Waals surface area contributed by atoms with Crippen LogP contribution in [0.2, 0.25) is 0 Å². The predicted octanol–water partition coefficient (Wildman–Crippen LogP) is 4.32. The number of benzene rings is 2. The molecule has 0 radical (unpaired) electrons. The van der Waals surface area contributed by atoms with E-state index < -0.39 is 5.25 Å². The molecule has 0 spiro atoms. The molecule has 2 amide bonds. The van der Waals surface area contributed by atoms with Gasteiger partial charge in [-0.25, -0.2) is 4.98 Å². The van der Waals surface area contributed by atoms with Crippen molar-refractivity contribution < 1.29 is 23.5 Å². The van der Waals surface area contributed by atoms with Crippen molar-refractivity contribution in [2.24, 2.45) is 0 Å². The minimum absolute atomic E-state index is 0.142. The van der Waals surface area contributed by atoms with Gasteiger partial charge in [-0.05, 0) is 49.2 Å². The first kappa shape index (κ1) is 26.4. The number of ether oxygens (including phenoxy) is 2. The number of hydrogen-bond donors (Lipinski definition) is 2. The normalized spacial score (nSPS) is 12.8. The van der Waals surface area contributed by atoms with E-state index in [1.807, 2.05) is 13.0 Å². The number of rotatable bonds is 11. The third kappa shape index (κ3) is 6.26. The summed E-state index contributed by atoms with van der Waals surface area (Å²) in [6, 6.07) is 15.9. The van der Waals surface area contributed by atoms with Gasteiger partial charge in [0.1, 0.15) is 5.76 Å². The molecule has 11 heteroatoms. The first-order valence-electron chi connectivity index (χ1n) is 12.7. The van der Waals surface area contributed by atoms with Crippen molar-refractivity contribution in [2.45, 2.75) is 49.7 Å². The Morgan fingerprint density at radius 2 is 1.95 bits per heavy atom. The lowest BCUT2D eigenvalue weighted by Gasteiger charge is -2.18. The fourth-order valence-corrected chi connectivity index (χ4v) is 5.21. The quantitative estimate of drug-likeness (QED) is 0.210. The van der Waals surface area contributed by atoms with Crippen LogP contribution in [0.25, 0.3) is 10.9 Å². The van der Waals surface area contributed by atoms with Crippen LogP contribution in [0.5, 0.6) is 11.5 Å². The zero-order chi connectivity index (χ0) is 27.2. The van der Waals surface area contributed by atoms with Crippen LogP contribution in [0.3, 0.4) is 0 Å². The van der Waals surface area contributed by atoms with Crippen LogP contribution < -0.4 is 25.7 Å². The van der Waals surface area contributed by atoms with Gasteiger partial charge in [0.2, 0.25) is 18.6 Å². The summed E-state index contributed by atoms with van der Waals surface area (Å²) in [6.45, 7) is 2.65. The smallest absolute Gasteiger partial charge is 0.262 e. The Balaban J connectivity index is 1.30. The summed E-state index contributed by atoms with van der Waals surface area (Å²) < 4.78 is 17.5. The third-order valence-electron chi connectivity index (χ3n) is 6.20. The molecule has 0 saturated heterocycles. The number of nitrogens with one attached hydrogen (secondary N) is 2. The van der Waals surface area contributed by atoms with Gasteiger partial charge in [-0.2, -0.15) is 0 Å². The fourth-order valence-electron chi connectivity index (χ4n) is 4.17. The van der Waals surface area contributed by atoms with Gasteiger partial charge in [-0.1, -0.05) is 30.8 Å². The van der Waals surface area contributed by atoms with Crippen LogP contribution in [0.15, 0.2) is 75.2 Å². The second-order valence-corrected chi connectivity index (χ2v) is 10.1. The molecule has 3 heterocycles. The zero-order valence-electron chi connectivity index (χ0n) is 21.3. The second-order valence-electron chi connectivity index (χ2n) is 8.90. The Bertz CT molecular complexity index is 1540. The monoisotopic (exact) mass is 548 g/mol. The van der Waals surface area contributed by atoms with Crippen LogP contribution in [0, 0.1) is 0 Å². The predicted molar refractivity (Wildman–Crippen MR) is 147 cm³/mol. The van der Waals surface area contributed by atoms with Crippen molar-refractivity contribution in [1.29, 1.82) is 0 Å². The van der Waals surface area contributed by atoms with E-state index in [1.165, 1.54) is 11.8 Å². The summed E-state index contributed by atoms with van der Waals surface area (Å²) in [5.74, 6) is 1.52. The number of thioether (sulfide) groups is 1. The molecule has 0 aliphatic carbocycles. The lowest BCUT2D eigenvalue weighted by atomic mass is 10.2. The van der Waals surface area contributed by atoms with E-state index in [-0.39, 0.29) is 37.1 Å². The summed E-state index contributed by atoms with van der Waals surface area (Å²) in [4.78, 5) is 43.7. The minimum Gasteiger partial charge on any atom is -0.467 e. The van der Waals surface area contributed by atoms with E-state index in [4.69, 9.17) is 18.9 Å². The first-order chi connectivity index (χ1) is 19.0. The van der Waals surface area contributed by atoms with Crippen molar-refractivity contribution in [3.63, 3.8) is 0 Å². The number of furan rings is 1. The van der Waals surface area contributed by atoms with Crippen LogP contribution >= 0.6 is 11.8 Å². The fraction of sp³-hybridized carbons (Fsp3) is 0.286. The van der Waals surface area contributed by atoms with Gasteiger partial charge in [0.15, 0.2) is 16.7 Å². The Hall–Kier alpha value is -4.25. The van der Waals surface area contributed by atoms with Crippen LogP contribution in [0.4, 0.5) is 5.69 Å². The number of nitrogens with zero attached hydrogens (tertiary/aromatic N) is 2. The van der Waals surface area contributed by atoms with Crippen molar-refractivity contribution in [3.8, 4) is 11.5 Å². The molecule has 2 N–H and O–H groups in total. The molecule has 1 aliphatic heterocycles. The first-order valence-corrected chi connectivity index (χ1v) is 13.6. The summed E-state index contributed by atoms with van der Waals surface area (Å²) in [7, 11) is 0. The van der Waals surface area contributed by atoms with E-state index in [0.717, 1.165) is 0 Å². The zero-order valence-corrected chi connectivity index (χ0v) is 22.2. The minimum atomic E-state index is -0.508. The molecule has 0 unspecified atom stereocenters. The number of fused-ring (bicyclic) bond motifs is 2. The van der Waals surface area contributed by atoms with Crippen LogP contribution in [0.1, 0.15) is 31.9 Å². The summed E-state index contributed by atoms with van der Waals surface area (Å²) in [5, 5.41) is 6.15. The average molecular weight is 549 g/mol. The largest absolute Gasteiger partial charge is 0.467 e. The number of carbonyl (C=O) groups excluding carboxylic acids is 2. The Morgan fingerprint density at radius 3 is 2.77 bits per heavy atom. The summed E-state index contributed by atoms with van der Waals surface area (Å²) in [5.41, 5.74) is 0.946. The average Bonchev–Trinajstić information content (AvgIpc) is 3.64. The number of carbonyl (C=O) groups is 2. The molecule has 39 heavy (non-hydrogen) atoms. The molecule has 4 aromatic rings. The van der Waals surface area contributed by atoms with Crippen molar-refractivity contribution in [1.82, 2.24) is 14.9 Å². The lowest BCUT2D eigenvalue weighted by molar-refractivity contribution is -0.121. The van der Waals surface area contributed by atoms with Gasteiger partial charge in [0.25, 0.3) is 5.56 Å². The maximum absolute atomic E-state index is 13.4. The highest BCUT2D eigenvalue weighted by atomic mass is 32.2. The maximum Gasteiger partial charge on any atom is 0.262 e. The molecule has 2 aromatic carbocycles. The van der Waals surface area contributed by atoms with Gasteiger partial charge in [0, 0.05) is 24.7 Å². The Kier molecular flexibility index (Phi) is 8.16. The molecular weight excluding hydrogens is 520 g/mol. The van der Waals surface area contributed by atoms with Gasteiger partial charge < -0.3 is 24.5 Å². The molecule has 202 valence electrons. The van der Waals surface area contributed by atoms with E-state index in [9.17, 15) is 14.4 Å². The highest BCUT2D eigenvalue weighted by Gasteiger charge is 2.23. The second kappa shape index (κ2) is 12.1. The van der Waals surface area contributed by atoms with Crippen molar-refractivity contribution in [3.05, 3.63) is 77.0 Å². The molecule has 0 saturated carbocycles. The molecule has 1 atom stereocenters. The van der Waals surface area contributed by atoms with Crippen molar-refractivity contribution in [2.75, 3.05) is 12.1 Å². The van der Waals surface area contributed by atoms with E-state index >= 15 is 0 Å². The number of hydrogen-bond acceptors (Lipinski definition) is 8. The molecule has 0 fully saturated rings. The Labute approximate surface area is 228 Å². The topological polar surface area (TPSA) is 125 Å². The number of amides is 2. The lowest BCUT2D eigenvalue weighted by Crippen LogP contribution is -2.29. The number of anilines is 1. The maximum atomic E-state index is 13.4. The van der Waals surface area contributed by atoms with Gasteiger partial charge in [-0.15, -0.1) is 0 Å². The highest BCUT2D eigenvalue weighted by molar-refractivity contribution is 8.00. The van der Waals surface area contributed by atoms with E-state index in [1.54, 1.807) is 59.4 Å². The van der Waals surface area contributed by atoms with Crippen molar-refractivity contribution >= 4 is 40.2 Å². The molecular formula is C28H28N4O6S. The molecule has 5 rings (SSSR count). The van der Waals surface area contributed by atoms with E-state index in [0.29, 0.717) is 58.4 Å². The third-order valence-corrected chi connectivity index (χ3v) is 7.56. The molecule has 0 bridgehead atoms. The van der Waals surface area contributed by atoms with Gasteiger partial charge in [-0.3, -0.25) is 19.0 Å². The SMILES string of the molecule is CC[C@@H](Sc1nc2ccccc2c(=O)n1CCCC(=O)NCc1ccco1)C(=O)Nc1ccc2c(c1)OCO2. The molecule has 10 nitrogen and oxygen atoms in total. The molecule has 1 aliphatic rings. The summed E-state index contributed by atoms with van der Waals surface area (Å²) >= 11 is 1.24. The van der Waals surface area contributed by atoms with Gasteiger partial charge >= 0.3 is 0 Å². The molecule has 2 aromatic heterocycles. The number of para-hydroxylation sites is 1. The highest BCUT2D eigenvalue weighted by Crippen LogP contribution is 2.34. The Morgan fingerprint density at radius 1 is 1.10 bits per heavy atom. The van der Waals surface area contributed by atoms with Crippen LogP contribution in [-0.4, -0.2) is 33.4 Å². The summed E-state index contributed by atoms with van der Waals surface area (Å²) in [6.07, 6.45) is 2.72. The van der Waals surface area contributed by atoms with Crippen LogP contribution in [-0.2, 0) is 22.7 Å². The van der Waals surface area contributed by atoms with Gasteiger partial charge in [0.05, 0.1) is 29.0 Å².